The van der Waals surface area contributed by atoms with E-state index in [0.29, 0.717) is 18.8 Å². The third-order valence-electron chi connectivity index (χ3n) is 2.89. The van der Waals surface area contributed by atoms with Crippen LogP contribution in [0.1, 0.15) is 59.8 Å². The molecule has 0 rings (SSSR count). The Hall–Kier alpha value is -1.19. The van der Waals surface area contributed by atoms with Crippen LogP contribution in [0, 0.1) is 11.8 Å². The Labute approximate surface area is 115 Å². The first-order valence-electron chi connectivity index (χ1n) is 7.13. The Morgan fingerprint density at radius 3 is 2.16 bits per heavy atom. The lowest BCUT2D eigenvalue weighted by Crippen LogP contribution is -2.28. The summed E-state index contributed by atoms with van der Waals surface area (Å²) >= 11 is 0. The molecule has 0 aliphatic carbocycles. The predicted molar refractivity (Wildman–Crippen MR) is 73.7 cm³/mol. The van der Waals surface area contributed by atoms with Crippen LogP contribution in [0.25, 0.3) is 0 Å². The zero-order valence-corrected chi connectivity index (χ0v) is 12.5. The van der Waals surface area contributed by atoms with Gasteiger partial charge in [-0.05, 0) is 25.7 Å². The topological polar surface area (TPSA) is 60.4 Å². The zero-order chi connectivity index (χ0) is 14.8. The van der Waals surface area contributed by atoms with Crippen molar-refractivity contribution in [2.45, 2.75) is 59.8 Å². The summed E-state index contributed by atoms with van der Waals surface area (Å²) in [5.41, 5.74) is 0. The summed E-state index contributed by atoms with van der Waals surface area (Å²) in [6.45, 7) is 7.87. The normalized spacial score (nSPS) is 12.3. The third kappa shape index (κ3) is 7.75. The summed E-state index contributed by atoms with van der Waals surface area (Å²) in [6, 6.07) is 0. The Bertz CT molecular complexity index is 307. The molecule has 0 aromatic carbocycles. The number of carbonyl (C=O) groups excluding carboxylic acids is 3. The summed E-state index contributed by atoms with van der Waals surface area (Å²) in [7, 11) is 0. The first-order chi connectivity index (χ1) is 8.92. The van der Waals surface area contributed by atoms with Crippen LogP contribution in [-0.4, -0.2) is 24.1 Å². The quantitative estimate of drug-likeness (QED) is 0.452. The molecule has 0 spiro atoms. The van der Waals surface area contributed by atoms with Crippen molar-refractivity contribution in [3.05, 3.63) is 0 Å². The maximum Gasteiger partial charge on any atom is 0.316 e. The van der Waals surface area contributed by atoms with Gasteiger partial charge in [-0.1, -0.05) is 20.8 Å². The molecule has 0 aromatic rings. The van der Waals surface area contributed by atoms with E-state index in [2.05, 4.69) is 0 Å². The van der Waals surface area contributed by atoms with Crippen molar-refractivity contribution in [3.63, 3.8) is 0 Å². The number of ether oxygens (including phenoxy) is 1. The van der Waals surface area contributed by atoms with Gasteiger partial charge in [0, 0.05) is 19.3 Å². The lowest BCUT2D eigenvalue weighted by atomic mass is 9.92. The van der Waals surface area contributed by atoms with E-state index in [9.17, 15) is 14.4 Å². The number of carbonyl (C=O) groups is 3. The van der Waals surface area contributed by atoms with E-state index in [1.807, 2.05) is 20.8 Å². The van der Waals surface area contributed by atoms with Crippen LogP contribution in [-0.2, 0) is 19.1 Å². The fourth-order valence-electron chi connectivity index (χ4n) is 1.79. The largest absolute Gasteiger partial charge is 0.465 e. The van der Waals surface area contributed by atoms with Crippen LogP contribution >= 0.6 is 0 Å². The molecule has 0 saturated heterocycles. The van der Waals surface area contributed by atoms with Crippen molar-refractivity contribution in [3.8, 4) is 0 Å². The van der Waals surface area contributed by atoms with Crippen molar-refractivity contribution in [1.82, 2.24) is 0 Å². The van der Waals surface area contributed by atoms with Gasteiger partial charge in [-0.15, -0.1) is 0 Å². The van der Waals surface area contributed by atoms with Gasteiger partial charge in [0.2, 0.25) is 0 Å². The number of hydrogen-bond donors (Lipinski definition) is 0. The monoisotopic (exact) mass is 270 g/mol. The van der Waals surface area contributed by atoms with Crippen LogP contribution in [0.15, 0.2) is 0 Å². The second-order valence-electron chi connectivity index (χ2n) is 5.20. The molecule has 0 N–H and O–H groups in total. The number of esters is 1. The highest BCUT2D eigenvalue weighted by atomic mass is 16.5. The summed E-state index contributed by atoms with van der Waals surface area (Å²) in [5, 5.41) is 0. The minimum atomic E-state index is -0.905. The first kappa shape index (κ1) is 17.8. The predicted octanol–water partition coefficient (Wildman–Crippen LogP) is 2.93. The molecule has 0 fully saturated rings. The van der Waals surface area contributed by atoms with E-state index in [-0.39, 0.29) is 24.6 Å². The molecule has 0 heterocycles. The van der Waals surface area contributed by atoms with Crippen molar-refractivity contribution < 1.29 is 19.1 Å². The lowest BCUT2D eigenvalue weighted by Gasteiger charge is -2.14. The summed E-state index contributed by atoms with van der Waals surface area (Å²) in [5.74, 6) is -1.27. The van der Waals surface area contributed by atoms with Crippen LogP contribution < -0.4 is 0 Å². The van der Waals surface area contributed by atoms with E-state index < -0.39 is 11.9 Å². The van der Waals surface area contributed by atoms with Crippen molar-refractivity contribution in [1.29, 1.82) is 0 Å². The van der Waals surface area contributed by atoms with Gasteiger partial charge < -0.3 is 4.74 Å². The summed E-state index contributed by atoms with van der Waals surface area (Å²) in [4.78, 5) is 35.5. The highest BCUT2D eigenvalue weighted by Crippen LogP contribution is 2.16. The smallest absolute Gasteiger partial charge is 0.316 e. The SMILES string of the molecule is CCCC(=O)CC(C(=O)CCC(C)C)C(=O)OCC. The van der Waals surface area contributed by atoms with Gasteiger partial charge in [0.25, 0.3) is 0 Å². The minimum Gasteiger partial charge on any atom is -0.465 e. The highest BCUT2D eigenvalue weighted by Gasteiger charge is 2.29. The average Bonchev–Trinajstić information content (AvgIpc) is 2.33. The van der Waals surface area contributed by atoms with Gasteiger partial charge in [0.1, 0.15) is 17.5 Å². The molecular weight excluding hydrogens is 244 g/mol. The summed E-state index contributed by atoms with van der Waals surface area (Å²) in [6.07, 6.45) is 2.20. The third-order valence-corrected chi connectivity index (χ3v) is 2.89. The second kappa shape index (κ2) is 9.70. The Balaban J connectivity index is 4.60. The molecule has 0 aromatic heterocycles. The zero-order valence-electron chi connectivity index (χ0n) is 12.5. The second-order valence-corrected chi connectivity index (χ2v) is 5.20. The van der Waals surface area contributed by atoms with Gasteiger partial charge in [0.05, 0.1) is 6.61 Å². The van der Waals surface area contributed by atoms with Crippen LogP contribution in [0.3, 0.4) is 0 Å². The molecule has 19 heavy (non-hydrogen) atoms. The summed E-state index contributed by atoms with van der Waals surface area (Å²) < 4.78 is 4.90. The van der Waals surface area contributed by atoms with Gasteiger partial charge in [-0.3, -0.25) is 14.4 Å². The molecule has 0 bridgehead atoms. The van der Waals surface area contributed by atoms with Crippen LogP contribution in [0.2, 0.25) is 0 Å². The molecular formula is C15H26O4. The van der Waals surface area contributed by atoms with E-state index >= 15 is 0 Å². The fourth-order valence-corrected chi connectivity index (χ4v) is 1.79. The molecule has 0 saturated carbocycles. The van der Waals surface area contributed by atoms with Gasteiger partial charge in [-0.2, -0.15) is 0 Å². The molecule has 1 atom stereocenters. The average molecular weight is 270 g/mol. The van der Waals surface area contributed by atoms with Gasteiger partial charge in [0.15, 0.2) is 0 Å². The molecule has 0 aliphatic heterocycles. The minimum absolute atomic E-state index is 0.0103. The Morgan fingerprint density at radius 2 is 1.68 bits per heavy atom. The van der Waals surface area contributed by atoms with E-state index in [1.165, 1.54) is 0 Å². The Morgan fingerprint density at radius 1 is 1.05 bits per heavy atom. The van der Waals surface area contributed by atoms with E-state index in [4.69, 9.17) is 4.74 Å². The molecule has 4 heteroatoms. The first-order valence-corrected chi connectivity index (χ1v) is 7.13. The van der Waals surface area contributed by atoms with Crippen LogP contribution in [0.5, 0.6) is 0 Å². The number of rotatable bonds is 10. The van der Waals surface area contributed by atoms with Crippen molar-refractivity contribution >= 4 is 17.5 Å². The maximum atomic E-state index is 12.1. The molecule has 0 amide bonds. The van der Waals surface area contributed by atoms with E-state index in [1.54, 1.807) is 6.92 Å². The molecule has 4 nitrogen and oxygen atoms in total. The maximum absolute atomic E-state index is 12.1. The van der Waals surface area contributed by atoms with Gasteiger partial charge >= 0.3 is 5.97 Å². The Kier molecular flexibility index (Phi) is 9.09. The van der Waals surface area contributed by atoms with E-state index in [0.717, 1.165) is 12.8 Å². The number of Topliss-reactive ketones (excluding diaryl/α,β-unsaturated/α-hetero) is 2. The number of ketones is 2. The standard InChI is InChI=1S/C15H26O4/c1-5-7-12(16)10-13(15(18)19-6-2)14(17)9-8-11(3)4/h11,13H,5-10H2,1-4H3. The highest BCUT2D eigenvalue weighted by molar-refractivity contribution is 6.02. The van der Waals surface area contributed by atoms with Gasteiger partial charge in [-0.25, -0.2) is 0 Å². The van der Waals surface area contributed by atoms with Crippen molar-refractivity contribution in [2.24, 2.45) is 11.8 Å². The lowest BCUT2D eigenvalue weighted by molar-refractivity contribution is -0.153. The van der Waals surface area contributed by atoms with Crippen LogP contribution in [0.4, 0.5) is 0 Å². The molecule has 0 aliphatic rings. The molecule has 0 radical (unpaired) electrons. The number of hydrogen-bond acceptors (Lipinski definition) is 4. The molecule has 1 unspecified atom stereocenters. The fraction of sp³-hybridized carbons (Fsp3) is 0.800. The molecule has 110 valence electrons. The van der Waals surface area contributed by atoms with Crippen molar-refractivity contribution in [2.75, 3.05) is 6.61 Å².